The zero-order chi connectivity index (χ0) is 11.5. The Labute approximate surface area is 99.8 Å². The Bertz CT molecular complexity index is 549. The minimum atomic E-state index is 0.800. The number of benzene rings is 1. The fraction of sp³-hybridized carbons (Fsp3) is 0.143. The van der Waals surface area contributed by atoms with Crippen LogP contribution in [-0.2, 0) is 6.42 Å². The van der Waals surface area contributed by atoms with Gasteiger partial charge >= 0.3 is 0 Å². The molecule has 0 radical (unpaired) electrons. The van der Waals surface area contributed by atoms with E-state index >= 15 is 0 Å². The molecule has 0 fully saturated rings. The van der Waals surface area contributed by atoms with Crippen molar-refractivity contribution < 1.29 is 4.74 Å². The van der Waals surface area contributed by atoms with Crippen molar-refractivity contribution in [3.8, 4) is 5.75 Å². The lowest BCUT2D eigenvalue weighted by atomic mass is 10.1. The fourth-order valence-electron chi connectivity index (χ4n) is 1.89. The van der Waals surface area contributed by atoms with Crippen LogP contribution in [0.5, 0.6) is 5.75 Å². The van der Waals surface area contributed by atoms with Gasteiger partial charge in [0, 0.05) is 12.6 Å². The molecule has 0 amide bonds. The molecule has 2 heterocycles. The van der Waals surface area contributed by atoms with E-state index in [4.69, 9.17) is 4.74 Å². The lowest BCUT2D eigenvalue weighted by molar-refractivity contribution is 0.357. The third-order valence-electron chi connectivity index (χ3n) is 2.76. The molecule has 1 aliphatic rings. The summed E-state index contributed by atoms with van der Waals surface area (Å²) in [6.45, 7) is 0.800. The Balaban J connectivity index is 1.84. The van der Waals surface area contributed by atoms with Gasteiger partial charge in [-0.2, -0.15) is 0 Å². The number of rotatable bonds is 2. The number of nitrogens with zero attached hydrogens (tertiary/aromatic N) is 2. The highest BCUT2D eigenvalue weighted by molar-refractivity contribution is 5.68. The van der Waals surface area contributed by atoms with E-state index < -0.39 is 0 Å². The van der Waals surface area contributed by atoms with Gasteiger partial charge in [0.2, 0.25) is 0 Å². The molecule has 1 aromatic heterocycles. The van der Waals surface area contributed by atoms with Crippen molar-refractivity contribution in [3.05, 3.63) is 53.6 Å². The molecule has 84 valence electrons. The second-order valence-corrected chi connectivity index (χ2v) is 3.93. The van der Waals surface area contributed by atoms with E-state index in [2.05, 4.69) is 28.2 Å². The van der Waals surface area contributed by atoms with Gasteiger partial charge in [-0.25, -0.2) is 9.97 Å². The largest absolute Gasteiger partial charge is 0.493 e. The van der Waals surface area contributed by atoms with Crippen LogP contribution < -0.4 is 4.74 Å². The van der Waals surface area contributed by atoms with Crippen LogP contribution in [0.4, 0.5) is 0 Å². The summed E-state index contributed by atoms with van der Waals surface area (Å²) in [5.74, 6) is 1.02. The molecular weight excluding hydrogens is 212 g/mol. The molecule has 0 spiro atoms. The van der Waals surface area contributed by atoms with Gasteiger partial charge in [0.1, 0.15) is 12.1 Å². The molecule has 0 saturated heterocycles. The van der Waals surface area contributed by atoms with Crippen LogP contribution in [0, 0.1) is 0 Å². The lowest BCUT2D eigenvalue weighted by Crippen LogP contribution is -1.85. The maximum Gasteiger partial charge on any atom is 0.122 e. The first-order valence-corrected chi connectivity index (χ1v) is 5.62. The van der Waals surface area contributed by atoms with E-state index in [1.165, 1.54) is 11.1 Å². The van der Waals surface area contributed by atoms with Crippen LogP contribution in [0.1, 0.15) is 16.8 Å². The minimum Gasteiger partial charge on any atom is -0.493 e. The number of ether oxygens (including phenoxy) is 1. The van der Waals surface area contributed by atoms with Crippen LogP contribution >= 0.6 is 0 Å². The maximum absolute atomic E-state index is 5.47. The number of hydrogen-bond acceptors (Lipinski definition) is 3. The van der Waals surface area contributed by atoms with Crippen LogP contribution in [0.15, 0.2) is 36.8 Å². The molecule has 0 aliphatic carbocycles. The molecule has 3 heteroatoms. The molecule has 2 aromatic rings. The minimum absolute atomic E-state index is 0.800. The van der Waals surface area contributed by atoms with Crippen LogP contribution in [0.3, 0.4) is 0 Å². The summed E-state index contributed by atoms with van der Waals surface area (Å²) in [4.78, 5) is 8.03. The topological polar surface area (TPSA) is 35.0 Å². The van der Waals surface area contributed by atoms with Crippen molar-refractivity contribution in [3.63, 3.8) is 0 Å². The summed E-state index contributed by atoms with van der Waals surface area (Å²) in [5.41, 5.74) is 3.37. The van der Waals surface area contributed by atoms with Crippen molar-refractivity contribution >= 4 is 12.2 Å². The summed E-state index contributed by atoms with van der Waals surface area (Å²) < 4.78 is 5.47. The molecule has 1 aliphatic heterocycles. The summed E-state index contributed by atoms with van der Waals surface area (Å²) >= 11 is 0. The van der Waals surface area contributed by atoms with Gasteiger partial charge in [-0.05, 0) is 35.4 Å². The van der Waals surface area contributed by atoms with Crippen molar-refractivity contribution in [2.45, 2.75) is 6.42 Å². The third-order valence-corrected chi connectivity index (χ3v) is 2.76. The summed E-state index contributed by atoms with van der Waals surface area (Å²) in [7, 11) is 0. The van der Waals surface area contributed by atoms with Gasteiger partial charge in [-0.15, -0.1) is 0 Å². The molecule has 17 heavy (non-hydrogen) atoms. The van der Waals surface area contributed by atoms with E-state index in [0.29, 0.717) is 0 Å². The second-order valence-electron chi connectivity index (χ2n) is 3.93. The summed E-state index contributed by atoms with van der Waals surface area (Å²) in [6.07, 6.45) is 8.34. The van der Waals surface area contributed by atoms with Gasteiger partial charge in [0.05, 0.1) is 12.3 Å². The summed E-state index contributed by atoms with van der Waals surface area (Å²) in [6, 6.07) is 8.14. The van der Waals surface area contributed by atoms with Gasteiger partial charge in [-0.3, -0.25) is 0 Å². The number of fused-ring (bicyclic) bond motifs is 1. The van der Waals surface area contributed by atoms with Gasteiger partial charge in [-0.1, -0.05) is 12.1 Å². The molecule has 1 aromatic carbocycles. The first-order chi connectivity index (χ1) is 8.42. The smallest absolute Gasteiger partial charge is 0.122 e. The number of aromatic nitrogens is 2. The molecule has 0 bridgehead atoms. The zero-order valence-corrected chi connectivity index (χ0v) is 9.34. The van der Waals surface area contributed by atoms with E-state index in [1.807, 2.05) is 18.2 Å². The number of hydrogen-bond donors (Lipinski definition) is 0. The van der Waals surface area contributed by atoms with Crippen molar-refractivity contribution in [2.24, 2.45) is 0 Å². The van der Waals surface area contributed by atoms with Crippen molar-refractivity contribution in [1.29, 1.82) is 0 Å². The highest BCUT2D eigenvalue weighted by Crippen LogP contribution is 2.26. The highest BCUT2D eigenvalue weighted by Gasteiger charge is 2.10. The molecule has 0 atom stereocenters. The highest BCUT2D eigenvalue weighted by atomic mass is 16.5. The Morgan fingerprint density at radius 3 is 3.06 bits per heavy atom. The van der Waals surface area contributed by atoms with E-state index in [9.17, 15) is 0 Å². The molecule has 0 saturated carbocycles. The third kappa shape index (κ3) is 2.18. The second kappa shape index (κ2) is 4.37. The monoisotopic (exact) mass is 224 g/mol. The predicted octanol–water partition coefficient (Wildman–Crippen LogP) is 2.58. The fourth-order valence-corrected chi connectivity index (χ4v) is 1.89. The standard InChI is InChI=1S/C14H12N2O/c1(3-13-5-7-15-10-16-13)11-2-4-14-12(9-11)6-8-17-14/h1-5,7,9-10H,6,8H2. The van der Waals surface area contributed by atoms with Crippen molar-refractivity contribution in [2.75, 3.05) is 6.61 Å². The van der Waals surface area contributed by atoms with Gasteiger partial charge < -0.3 is 4.74 Å². The zero-order valence-electron chi connectivity index (χ0n) is 9.34. The Morgan fingerprint density at radius 1 is 1.18 bits per heavy atom. The molecule has 0 N–H and O–H groups in total. The lowest BCUT2D eigenvalue weighted by Gasteiger charge is -1.99. The Kier molecular flexibility index (Phi) is 2.58. The van der Waals surface area contributed by atoms with Gasteiger partial charge in [0.15, 0.2) is 0 Å². The van der Waals surface area contributed by atoms with E-state index in [-0.39, 0.29) is 0 Å². The van der Waals surface area contributed by atoms with Crippen LogP contribution in [0.25, 0.3) is 12.2 Å². The SMILES string of the molecule is C(=Cc1ccncn1)c1ccc2c(c1)CCO2. The van der Waals surface area contributed by atoms with Crippen LogP contribution in [0.2, 0.25) is 0 Å². The average Bonchev–Trinajstić information content (AvgIpc) is 2.85. The quantitative estimate of drug-likeness (QED) is 0.786. The van der Waals surface area contributed by atoms with Gasteiger partial charge in [0.25, 0.3) is 0 Å². The van der Waals surface area contributed by atoms with E-state index in [1.54, 1.807) is 12.5 Å². The van der Waals surface area contributed by atoms with E-state index in [0.717, 1.165) is 24.5 Å². The Morgan fingerprint density at radius 2 is 2.18 bits per heavy atom. The molecule has 3 rings (SSSR count). The Hall–Kier alpha value is -2.16. The normalized spacial score (nSPS) is 13.6. The average molecular weight is 224 g/mol. The summed E-state index contributed by atoms with van der Waals surface area (Å²) in [5, 5.41) is 0. The first kappa shape index (κ1) is 10.0. The molecule has 0 unspecified atom stereocenters. The molecular formula is C14H12N2O. The van der Waals surface area contributed by atoms with Crippen molar-refractivity contribution in [1.82, 2.24) is 9.97 Å². The van der Waals surface area contributed by atoms with Crippen LogP contribution in [-0.4, -0.2) is 16.6 Å². The first-order valence-electron chi connectivity index (χ1n) is 5.62. The maximum atomic E-state index is 5.47. The molecule has 3 nitrogen and oxygen atoms in total. The predicted molar refractivity (Wildman–Crippen MR) is 66.6 cm³/mol.